The molecule has 0 saturated carbocycles. The first-order chi connectivity index (χ1) is 9.86. The monoisotopic (exact) mass is 287 g/mol. The number of allylic oxidation sites excluding steroid dienone is 1. The Bertz CT molecular complexity index is 529. The van der Waals surface area contributed by atoms with Crippen molar-refractivity contribution < 1.29 is 0 Å². The lowest BCUT2D eigenvalue weighted by Gasteiger charge is -2.17. The Morgan fingerprint density at radius 2 is 2.10 bits per heavy atom. The third kappa shape index (κ3) is 3.94. The molecular weight excluding hydrogens is 262 g/mol. The molecule has 0 aliphatic heterocycles. The molecule has 1 N–H and O–H groups in total. The van der Waals surface area contributed by atoms with Crippen LogP contribution in [0, 0.1) is 0 Å². The Morgan fingerprint density at radius 1 is 1.25 bits per heavy atom. The average Bonchev–Trinajstić information content (AvgIpc) is 2.90. The lowest BCUT2D eigenvalue weighted by atomic mass is 9.99. The van der Waals surface area contributed by atoms with Crippen LogP contribution >= 0.6 is 11.3 Å². The van der Waals surface area contributed by atoms with Crippen molar-refractivity contribution in [2.75, 3.05) is 6.54 Å². The highest BCUT2D eigenvalue weighted by atomic mass is 32.1. The molecule has 2 aromatic rings. The molecule has 20 heavy (non-hydrogen) atoms. The summed E-state index contributed by atoms with van der Waals surface area (Å²) in [6.07, 6.45) is 8.26. The van der Waals surface area contributed by atoms with Crippen LogP contribution in [-0.4, -0.2) is 6.54 Å². The fourth-order valence-corrected chi connectivity index (χ4v) is 3.71. The highest BCUT2D eigenvalue weighted by Crippen LogP contribution is 2.32. The van der Waals surface area contributed by atoms with Gasteiger partial charge in [0.2, 0.25) is 0 Å². The van der Waals surface area contributed by atoms with Gasteiger partial charge < -0.3 is 5.32 Å². The van der Waals surface area contributed by atoms with Crippen LogP contribution in [-0.2, 0) is 0 Å². The molecule has 0 spiro atoms. The van der Waals surface area contributed by atoms with Crippen molar-refractivity contribution >= 4 is 21.4 Å². The van der Waals surface area contributed by atoms with Gasteiger partial charge in [-0.05, 0) is 48.2 Å². The third-order valence-electron chi connectivity index (χ3n) is 3.74. The van der Waals surface area contributed by atoms with Gasteiger partial charge in [0.25, 0.3) is 0 Å². The minimum absolute atomic E-state index is 0.500. The summed E-state index contributed by atoms with van der Waals surface area (Å²) >= 11 is 1.86. The first-order valence-corrected chi connectivity index (χ1v) is 8.55. The van der Waals surface area contributed by atoms with Crippen LogP contribution in [0.2, 0.25) is 0 Å². The molecule has 1 heterocycles. The maximum Gasteiger partial charge on any atom is 0.0346 e. The highest BCUT2D eigenvalue weighted by molar-refractivity contribution is 7.17. The lowest BCUT2D eigenvalue weighted by molar-refractivity contribution is 0.487. The normalized spacial score (nSPS) is 12.7. The predicted octanol–water partition coefficient (Wildman–Crippen LogP) is 5.69. The van der Waals surface area contributed by atoms with Gasteiger partial charge in [0.1, 0.15) is 0 Å². The van der Waals surface area contributed by atoms with Gasteiger partial charge in [-0.1, -0.05) is 44.0 Å². The summed E-state index contributed by atoms with van der Waals surface area (Å²) in [6.45, 7) is 7.01. The van der Waals surface area contributed by atoms with Gasteiger partial charge in [0, 0.05) is 10.7 Å². The first-order valence-electron chi connectivity index (χ1n) is 7.67. The van der Waals surface area contributed by atoms with E-state index < -0.39 is 0 Å². The van der Waals surface area contributed by atoms with E-state index in [4.69, 9.17) is 0 Å². The second kappa shape index (κ2) is 8.23. The topological polar surface area (TPSA) is 12.0 Å². The van der Waals surface area contributed by atoms with E-state index in [0.717, 1.165) is 13.0 Å². The molecule has 1 atom stereocenters. The number of hydrogen-bond donors (Lipinski definition) is 1. The van der Waals surface area contributed by atoms with E-state index in [9.17, 15) is 0 Å². The van der Waals surface area contributed by atoms with Gasteiger partial charge in [0.15, 0.2) is 0 Å². The number of fused-ring (bicyclic) bond motifs is 1. The molecule has 0 aliphatic rings. The summed E-state index contributed by atoms with van der Waals surface area (Å²) in [7, 11) is 0. The second-order valence-corrected chi connectivity index (χ2v) is 6.14. The van der Waals surface area contributed by atoms with Gasteiger partial charge in [-0.15, -0.1) is 17.9 Å². The van der Waals surface area contributed by atoms with Gasteiger partial charge in [-0.3, -0.25) is 0 Å². The molecular formula is C18H25NS. The Hall–Kier alpha value is -1.12. The van der Waals surface area contributed by atoms with E-state index in [0.29, 0.717) is 6.04 Å². The number of benzene rings is 1. The van der Waals surface area contributed by atoms with Gasteiger partial charge >= 0.3 is 0 Å². The fraction of sp³-hybridized carbons (Fsp3) is 0.444. The number of rotatable bonds is 9. The molecule has 0 amide bonds. The molecule has 2 heteroatoms. The van der Waals surface area contributed by atoms with E-state index >= 15 is 0 Å². The first kappa shape index (κ1) is 15.3. The van der Waals surface area contributed by atoms with E-state index in [1.54, 1.807) is 0 Å². The van der Waals surface area contributed by atoms with Crippen LogP contribution in [0.25, 0.3) is 10.1 Å². The summed E-state index contributed by atoms with van der Waals surface area (Å²) in [6, 6.07) is 9.24. The molecule has 0 aliphatic carbocycles. The zero-order chi connectivity index (χ0) is 14.2. The van der Waals surface area contributed by atoms with Gasteiger partial charge in [-0.25, -0.2) is 0 Å². The fourth-order valence-electron chi connectivity index (χ4n) is 2.70. The van der Waals surface area contributed by atoms with Crippen LogP contribution in [0.1, 0.15) is 50.6 Å². The Labute approximate surface area is 126 Å². The van der Waals surface area contributed by atoms with Crippen LogP contribution in [0.5, 0.6) is 0 Å². The minimum Gasteiger partial charge on any atom is -0.310 e. The predicted molar refractivity (Wildman–Crippen MR) is 91.5 cm³/mol. The summed E-state index contributed by atoms with van der Waals surface area (Å²) in [4.78, 5) is 0. The summed E-state index contributed by atoms with van der Waals surface area (Å²) < 4.78 is 1.40. The molecule has 1 unspecified atom stereocenters. The molecule has 1 nitrogen and oxygen atoms in total. The van der Waals surface area contributed by atoms with E-state index in [2.05, 4.69) is 48.5 Å². The number of unbranched alkanes of at least 4 members (excludes halogenated alkanes) is 3. The molecule has 108 valence electrons. The van der Waals surface area contributed by atoms with Crippen LogP contribution in [0.4, 0.5) is 0 Å². The maximum absolute atomic E-state index is 3.79. The summed E-state index contributed by atoms with van der Waals surface area (Å²) in [5.41, 5.74) is 1.48. The summed E-state index contributed by atoms with van der Waals surface area (Å²) in [5.74, 6) is 0. The summed E-state index contributed by atoms with van der Waals surface area (Å²) in [5, 5.41) is 7.42. The van der Waals surface area contributed by atoms with Crippen LogP contribution in [0.3, 0.4) is 0 Å². The van der Waals surface area contributed by atoms with Crippen molar-refractivity contribution in [2.45, 2.75) is 45.1 Å². The molecule has 0 saturated heterocycles. The van der Waals surface area contributed by atoms with Crippen LogP contribution < -0.4 is 5.32 Å². The number of nitrogens with one attached hydrogen (secondary N) is 1. The SMILES string of the molecule is C=CCCCCCC(NCC)c1csc2ccccc12. The third-order valence-corrected chi connectivity index (χ3v) is 4.72. The van der Waals surface area contributed by atoms with Crippen LogP contribution in [0.15, 0.2) is 42.3 Å². The number of hydrogen-bond acceptors (Lipinski definition) is 2. The Kier molecular flexibility index (Phi) is 6.28. The van der Waals surface area contributed by atoms with E-state index in [-0.39, 0.29) is 0 Å². The smallest absolute Gasteiger partial charge is 0.0346 e. The lowest BCUT2D eigenvalue weighted by Crippen LogP contribution is -2.20. The largest absolute Gasteiger partial charge is 0.310 e. The second-order valence-electron chi connectivity index (χ2n) is 5.22. The number of thiophene rings is 1. The van der Waals surface area contributed by atoms with Gasteiger partial charge in [0.05, 0.1) is 0 Å². The van der Waals surface area contributed by atoms with Crippen molar-refractivity contribution in [3.8, 4) is 0 Å². The quantitative estimate of drug-likeness (QED) is 0.461. The standard InChI is InChI=1S/C18H25NS/c1-3-5-6-7-8-12-17(19-4-2)16-14-20-18-13-10-9-11-15(16)18/h3,9-11,13-14,17,19H,1,4-8,12H2,2H3. The van der Waals surface area contributed by atoms with Crippen molar-refractivity contribution in [2.24, 2.45) is 0 Å². The van der Waals surface area contributed by atoms with Crippen molar-refractivity contribution in [3.05, 3.63) is 47.9 Å². The maximum atomic E-state index is 3.79. The van der Waals surface area contributed by atoms with Gasteiger partial charge in [-0.2, -0.15) is 0 Å². The van der Waals surface area contributed by atoms with Crippen molar-refractivity contribution in [3.63, 3.8) is 0 Å². The molecule has 0 bridgehead atoms. The molecule has 0 radical (unpaired) electrons. The van der Waals surface area contributed by atoms with Crippen molar-refractivity contribution in [1.82, 2.24) is 5.32 Å². The molecule has 1 aromatic carbocycles. The zero-order valence-electron chi connectivity index (χ0n) is 12.4. The minimum atomic E-state index is 0.500. The average molecular weight is 287 g/mol. The zero-order valence-corrected chi connectivity index (χ0v) is 13.2. The molecule has 2 rings (SSSR count). The van der Waals surface area contributed by atoms with Crippen molar-refractivity contribution in [1.29, 1.82) is 0 Å². The highest BCUT2D eigenvalue weighted by Gasteiger charge is 2.14. The molecule has 1 aromatic heterocycles. The van der Waals surface area contributed by atoms with E-state index in [1.807, 2.05) is 17.4 Å². The Balaban J connectivity index is 2.02. The molecule has 0 fully saturated rings. The van der Waals surface area contributed by atoms with E-state index in [1.165, 1.54) is 41.3 Å². The Morgan fingerprint density at radius 3 is 2.90 bits per heavy atom.